The van der Waals surface area contributed by atoms with Crippen LogP contribution in [-0.2, 0) is 11.3 Å². The van der Waals surface area contributed by atoms with Gasteiger partial charge in [0.2, 0.25) is 0 Å². The van der Waals surface area contributed by atoms with E-state index in [1.165, 1.54) is 12.1 Å². The second kappa shape index (κ2) is 6.85. The Hall–Kier alpha value is -1.69. The van der Waals surface area contributed by atoms with E-state index in [1.54, 1.807) is 11.9 Å². The average molecular weight is 298 g/mol. The number of halogens is 2. The summed E-state index contributed by atoms with van der Waals surface area (Å²) in [7, 11) is 1.68. The van der Waals surface area contributed by atoms with Crippen molar-refractivity contribution >= 4 is 5.91 Å². The van der Waals surface area contributed by atoms with E-state index in [2.05, 4.69) is 5.32 Å². The van der Waals surface area contributed by atoms with Crippen molar-refractivity contribution in [2.24, 2.45) is 0 Å². The van der Waals surface area contributed by atoms with Crippen LogP contribution < -0.4 is 10.1 Å². The van der Waals surface area contributed by atoms with Gasteiger partial charge in [0.1, 0.15) is 0 Å². The first-order valence-corrected chi connectivity index (χ1v) is 7.10. The highest BCUT2D eigenvalue weighted by Gasteiger charge is 2.29. The molecule has 21 heavy (non-hydrogen) atoms. The van der Waals surface area contributed by atoms with Crippen LogP contribution in [0.1, 0.15) is 25.3 Å². The molecule has 1 amide bonds. The number of hydrogen-bond donors (Lipinski definition) is 1. The van der Waals surface area contributed by atoms with Gasteiger partial charge in [-0.3, -0.25) is 4.79 Å². The average Bonchev–Trinajstić information content (AvgIpc) is 3.27. The third kappa shape index (κ3) is 4.14. The normalized spacial score (nSPS) is 14.1. The number of rotatable bonds is 7. The van der Waals surface area contributed by atoms with Gasteiger partial charge in [0, 0.05) is 19.6 Å². The molecule has 1 saturated carbocycles. The SMILES string of the molecule is CCNCc1cc(F)c(OCC(=O)N(C)C2CC2)c(F)c1. The van der Waals surface area contributed by atoms with Crippen LogP contribution in [0.25, 0.3) is 0 Å². The quantitative estimate of drug-likeness (QED) is 0.838. The van der Waals surface area contributed by atoms with Crippen molar-refractivity contribution in [2.75, 3.05) is 20.2 Å². The third-order valence-corrected chi connectivity index (χ3v) is 3.47. The van der Waals surface area contributed by atoms with Crippen LogP contribution in [0, 0.1) is 11.6 Å². The van der Waals surface area contributed by atoms with Gasteiger partial charge in [-0.05, 0) is 37.1 Å². The van der Waals surface area contributed by atoms with E-state index in [9.17, 15) is 13.6 Å². The highest BCUT2D eigenvalue weighted by atomic mass is 19.1. The smallest absolute Gasteiger partial charge is 0.260 e. The van der Waals surface area contributed by atoms with Gasteiger partial charge in [-0.25, -0.2) is 8.78 Å². The number of ether oxygens (including phenoxy) is 1. The number of nitrogens with one attached hydrogen (secondary N) is 1. The van der Waals surface area contributed by atoms with Crippen LogP contribution in [0.15, 0.2) is 12.1 Å². The molecule has 0 heterocycles. The van der Waals surface area contributed by atoms with E-state index < -0.39 is 17.4 Å². The van der Waals surface area contributed by atoms with Gasteiger partial charge in [0.15, 0.2) is 24.0 Å². The first kappa shape index (κ1) is 15.7. The van der Waals surface area contributed by atoms with Crippen LogP contribution in [0.2, 0.25) is 0 Å². The van der Waals surface area contributed by atoms with E-state index in [0.717, 1.165) is 12.8 Å². The number of carbonyl (C=O) groups excluding carboxylic acids is 1. The van der Waals surface area contributed by atoms with E-state index >= 15 is 0 Å². The molecule has 4 nitrogen and oxygen atoms in total. The van der Waals surface area contributed by atoms with Crippen LogP contribution in [0.4, 0.5) is 8.78 Å². The van der Waals surface area contributed by atoms with Crippen molar-refractivity contribution < 1.29 is 18.3 Å². The van der Waals surface area contributed by atoms with Gasteiger partial charge in [0.25, 0.3) is 5.91 Å². The third-order valence-electron chi connectivity index (χ3n) is 3.47. The number of amides is 1. The molecule has 1 aromatic rings. The second-order valence-electron chi connectivity index (χ2n) is 5.19. The Morgan fingerprint density at radius 2 is 2.00 bits per heavy atom. The first-order valence-electron chi connectivity index (χ1n) is 7.10. The molecular formula is C15H20F2N2O2. The first-order chi connectivity index (χ1) is 10.0. The van der Waals surface area contributed by atoms with Crippen molar-refractivity contribution in [1.29, 1.82) is 0 Å². The summed E-state index contributed by atoms with van der Waals surface area (Å²) < 4.78 is 32.7. The van der Waals surface area contributed by atoms with Crippen LogP contribution in [-0.4, -0.2) is 37.0 Å². The minimum Gasteiger partial charge on any atom is -0.478 e. The number of nitrogens with zero attached hydrogens (tertiary/aromatic N) is 1. The van der Waals surface area contributed by atoms with Crippen LogP contribution >= 0.6 is 0 Å². The fraction of sp³-hybridized carbons (Fsp3) is 0.533. The zero-order chi connectivity index (χ0) is 15.4. The van der Waals surface area contributed by atoms with Crippen molar-refractivity contribution in [3.63, 3.8) is 0 Å². The fourth-order valence-electron chi connectivity index (χ4n) is 2.02. The van der Waals surface area contributed by atoms with Gasteiger partial charge >= 0.3 is 0 Å². The van der Waals surface area contributed by atoms with E-state index in [1.807, 2.05) is 6.92 Å². The molecule has 1 aromatic carbocycles. The molecule has 0 bridgehead atoms. The number of benzene rings is 1. The van der Waals surface area contributed by atoms with Gasteiger partial charge in [0.05, 0.1) is 0 Å². The highest BCUT2D eigenvalue weighted by Crippen LogP contribution is 2.26. The second-order valence-corrected chi connectivity index (χ2v) is 5.19. The molecule has 116 valence electrons. The standard InChI is InChI=1S/C15H20F2N2O2/c1-3-18-8-10-6-12(16)15(13(17)7-10)21-9-14(20)19(2)11-4-5-11/h6-7,11,18H,3-5,8-9H2,1-2H3. The topological polar surface area (TPSA) is 41.6 Å². The Morgan fingerprint density at radius 3 is 2.52 bits per heavy atom. The maximum Gasteiger partial charge on any atom is 0.260 e. The summed E-state index contributed by atoms with van der Waals surface area (Å²) >= 11 is 0. The Kier molecular flexibility index (Phi) is 5.12. The summed E-state index contributed by atoms with van der Waals surface area (Å²) in [6, 6.07) is 2.69. The molecular weight excluding hydrogens is 278 g/mol. The number of carbonyl (C=O) groups is 1. The molecule has 0 aliphatic heterocycles. The van der Waals surface area contributed by atoms with Crippen molar-refractivity contribution in [3.8, 4) is 5.75 Å². The highest BCUT2D eigenvalue weighted by molar-refractivity contribution is 5.78. The maximum absolute atomic E-state index is 13.8. The Labute approximate surface area is 123 Å². The lowest BCUT2D eigenvalue weighted by molar-refractivity contribution is -0.132. The largest absolute Gasteiger partial charge is 0.478 e. The zero-order valence-corrected chi connectivity index (χ0v) is 12.3. The fourth-order valence-corrected chi connectivity index (χ4v) is 2.02. The minimum absolute atomic E-state index is 0.248. The minimum atomic E-state index is -0.787. The van der Waals surface area contributed by atoms with Crippen LogP contribution in [0.5, 0.6) is 5.75 Å². The molecule has 1 N–H and O–H groups in total. The molecule has 2 rings (SSSR count). The molecule has 0 radical (unpaired) electrons. The zero-order valence-electron chi connectivity index (χ0n) is 12.3. The molecule has 0 unspecified atom stereocenters. The van der Waals surface area contributed by atoms with Crippen molar-refractivity contribution in [3.05, 3.63) is 29.3 Å². The summed E-state index contributed by atoms with van der Waals surface area (Å²) in [5.41, 5.74) is 0.501. The molecule has 6 heteroatoms. The summed E-state index contributed by atoms with van der Waals surface area (Å²) in [6.45, 7) is 2.65. The summed E-state index contributed by atoms with van der Waals surface area (Å²) in [5.74, 6) is -2.34. The lowest BCUT2D eigenvalue weighted by Gasteiger charge is -2.17. The Balaban J connectivity index is 1.97. The summed E-state index contributed by atoms with van der Waals surface area (Å²) in [6.07, 6.45) is 1.95. The molecule has 1 fully saturated rings. The Morgan fingerprint density at radius 1 is 1.38 bits per heavy atom. The van der Waals surface area contributed by atoms with Gasteiger partial charge in [-0.2, -0.15) is 0 Å². The van der Waals surface area contributed by atoms with E-state index in [4.69, 9.17) is 4.74 Å². The summed E-state index contributed by atoms with van der Waals surface area (Å²) in [5, 5.41) is 2.99. The van der Waals surface area contributed by atoms with Gasteiger partial charge < -0.3 is 15.0 Å². The Bertz CT molecular complexity index is 495. The van der Waals surface area contributed by atoms with Crippen LogP contribution in [0.3, 0.4) is 0 Å². The molecule has 0 atom stereocenters. The van der Waals surface area contributed by atoms with Crippen molar-refractivity contribution in [1.82, 2.24) is 10.2 Å². The van der Waals surface area contributed by atoms with Crippen molar-refractivity contribution in [2.45, 2.75) is 32.4 Å². The van der Waals surface area contributed by atoms with Gasteiger partial charge in [-0.1, -0.05) is 6.92 Å². The molecule has 1 aliphatic rings. The monoisotopic (exact) mass is 298 g/mol. The van der Waals surface area contributed by atoms with E-state index in [0.29, 0.717) is 18.7 Å². The predicted octanol–water partition coefficient (Wildman–Crippen LogP) is 2.07. The molecule has 0 saturated heterocycles. The molecule has 0 spiro atoms. The van der Waals surface area contributed by atoms with E-state index in [-0.39, 0.29) is 18.6 Å². The number of likely N-dealkylation sites (N-methyl/N-ethyl adjacent to an activating group) is 1. The van der Waals surface area contributed by atoms with Gasteiger partial charge in [-0.15, -0.1) is 0 Å². The lowest BCUT2D eigenvalue weighted by Crippen LogP contribution is -2.33. The maximum atomic E-state index is 13.8. The summed E-state index contributed by atoms with van der Waals surface area (Å²) in [4.78, 5) is 13.3. The molecule has 0 aromatic heterocycles. The molecule has 1 aliphatic carbocycles. The lowest BCUT2D eigenvalue weighted by atomic mass is 10.2. The number of hydrogen-bond acceptors (Lipinski definition) is 3. The predicted molar refractivity (Wildman–Crippen MR) is 75.0 cm³/mol.